The molecule has 0 aromatic rings. The molecule has 0 N–H and O–H groups in total. The van der Waals surface area contributed by atoms with E-state index in [2.05, 4.69) is 41.5 Å². The third-order valence-electron chi connectivity index (χ3n) is 9.07. The minimum atomic E-state index is -5.64. The van der Waals surface area contributed by atoms with Gasteiger partial charge in [-0.05, 0) is 38.5 Å². The normalized spacial score (nSPS) is 17.9. The van der Waals surface area contributed by atoms with Crippen molar-refractivity contribution in [1.82, 2.24) is 0 Å². The molecule has 2 atom stereocenters. The highest BCUT2D eigenvalue weighted by molar-refractivity contribution is 7.42. The molecule has 2 aliphatic rings. The number of unbranched alkanes of at least 4 members (excludes halogenated alkanes) is 6. The van der Waals surface area contributed by atoms with E-state index in [1.165, 1.54) is 125 Å². The van der Waals surface area contributed by atoms with Crippen LogP contribution in [0.15, 0.2) is 0 Å². The fraction of sp³-hybridized carbons (Fsp3) is 0.941. The Balaban J connectivity index is 0.000000787. The van der Waals surface area contributed by atoms with Crippen LogP contribution in [-0.4, -0.2) is 99.1 Å². The zero-order valence-electron chi connectivity index (χ0n) is 30.5. The predicted octanol–water partition coefficient (Wildman–Crippen LogP) is 7.04. The number of halogens is 1. The van der Waals surface area contributed by atoms with E-state index in [0.29, 0.717) is 13.2 Å². The topological polar surface area (TPSA) is 134 Å². The average Bonchev–Trinajstić information content (AvgIpc) is 3.66. The highest BCUT2D eigenvalue weighted by Gasteiger charge is 2.32. The van der Waals surface area contributed by atoms with Gasteiger partial charge in [-0.1, -0.05) is 80.1 Å². The lowest BCUT2D eigenvalue weighted by Crippen LogP contribution is -2.51. The molecule has 0 bridgehead atoms. The number of hydrogen-bond acceptors (Lipinski definition) is 9. The van der Waals surface area contributed by atoms with Gasteiger partial charge in [0.15, 0.2) is 0 Å². The highest BCUT2D eigenvalue weighted by atomic mass is 31.2. The molecule has 47 heavy (non-hydrogen) atoms. The fourth-order valence-electron chi connectivity index (χ4n) is 6.15. The summed E-state index contributed by atoms with van der Waals surface area (Å²) in [5.74, 6) is 0. The first-order valence-electron chi connectivity index (χ1n) is 18.4. The number of cyclic esters (lactones) is 4. The van der Waals surface area contributed by atoms with Crippen LogP contribution in [0.4, 0.5) is 13.8 Å². The monoisotopic (exact) mass is 698 g/mol. The van der Waals surface area contributed by atoms with E-state index in [1.54, 1.807) is 0 Å². The van der Waals surface area contributed by atoms with Crippen molar-refractivity contribution in [2.45, 2.75) is 144 Å². The lowest BCUT2D eigenvalue weighted by Gasteiger charge is -2.39. The summed E-state index contributed by atoms with van der Waals surface area (Å²) in [7, 11) is -5.64. The summed E-state index contributed by atoms with van der Waals surface area (Å²) >= 11 is 0. The smallest absolute Gasteiger partial charge is 0.508 e. The van der Waals surface area contributed by atoms with Crippen LogP contribution in [0.2, 0.25) is 0 Å². The van der Waals surface area contributed by atoms with Crippen LogP contribution in [0.3, 0.4) is 0 Å². The lowest BCUT2D eigenvalue weighted by molar-refractivity contribution is -0.929. The molecule has 11 nitrogen and oxygen atoms in total. The second-order valence-corrected chi connectivity index (χ2v) is 14.1. The van der Waals surface area contributed by atoms with E-state index in [0.717, 1.165) is 25.9 Å². The molecule has 2 heterocycles. The highest BCUT2D eigenvalue weighted by Crippen LogP contribution is 2.23. The van der Waals surface area contributed by atoms with Crippen LogP contribution < -0.4 is 9.79 Å². The maximum atomic E-state index is 11.0. The molecule has 280 valence electrons. The summed E-state index contributed by atoms with van der Waals surface area (Å²) < 4.78 is 41.2. The van der Waals surface area contributed by atoms with Crippen LogP contribution in [-0.2, 0) is 23.5 Å². The molecule has 2 fully saturated rings. The molecule has 2 unspecified atom stereocenters. The second-order valence-electron chi connectivity index (χ2n) is 13.2. The average molecular weight is 699 g/mol. The van der Waals surface area contributed by atoms with Gasteiger partial charge in [-0.25, -0.2) is 13.8 Å². The lowest BCUT2D eigenvalue weighted by atomic mass is 10.1. The molecule has 0 aromatic carbocycles. The largest absolute Gasteiger partial charge is 0.786 e. The number of hydrogen-bond donors (Lipinski definition) is 0. The number of nitrogens with zero attached hydrogens (tertiary/aromatic N) is 2. The van der Waals surface area contributed by atoms with Gasteiger partial charge in [-0.2, -0.15) is 0 Å². The SMILES string of the molecule is CCCC[N+](CCCC)(CCCC)CCC1COC(=O)O1.CCCC[N+](CCCC)(CCCC)CCC1COC(=O)O1.O=P([O-])([O-])F. The van der Waals surface area contributed by atoms with Crippen molar-refractivity contribution >= 4 is 20.2 Å². The van der Waals surface area contributed by atoms with Gasteiger partial charge in [0.2, 0.25) is 0 Å². The minimum absolute atomic E-state index is 0.0279. The molecule has 0 radical (unpaired) electrons. The van der Waals surface area contributed by atoms with Gasteiger partial charge in [0.05, 0.1) is 52.4 Å². The molecule has 13 heteroatoms. The van der Waals surface area contributed by atoms with Gasteiger partial charge in [0.25, 0.3) is 0 Å². The fourth-order valence-corrected chi connectivity index (χ4v) is 6.15. The number of quaternary nitrogens is 2. The third kappa shape index (κ3) is 23.5. The molecule has 2 aliphatic heterocycles. The molecule has 2 saturated heterocycles. The first-order chi connectivity index (χ1) is 22.3. The minimum Gasteiger partial charge on any atom is -0.786 e. The Morgan fingerprint density at radius 3 is 0.979 bits per heavy atom. The Hall–Kier alpha value is -1.46. The van der Waals surface area contributed by atoms with Crippen LogP contribution in [0.25, 0.3) is 0 Å². The standard InChI is InChI=1S/2C17H34NO3.FH2O3P/c2*1-4-7-11-18(12-8-5-2,13-9-6-3)14-10-16-15-20-17(19)21-16;1-5(2,3)4/h2*16H,4-15H2,1-3H3;(H2,2,3,4)/q2*+1;/p-2. The van der Waals surface area contributed by atoms with Crippen molar-refractivity contribution in [3.05, 3.63) is 0 Å². The molecular weight excluding hydrogens is 630 g/mol. The van der Waals surface area contributed by atoms with Crippen molar-refractivity contribution in [2.24, 2.45) is 0 Å². The molecule has 0 aromatic heterocycles. The van der Waals surface area contributed by atoms with Crippen LogP contribution >= 0.6 is 7.91 Å². The van der Waals surface area contributed by atoms with Crippen molar-refractivity contribution < 1.29 is 56.1 Å². The van der Waals surface area contributed by atoms with Crippen LogP contribution in [0.1, 0.15) is 131 Å². The van der Waals surface area contributed by atoms with Crippen molar-refractivity contribution in [1.29, 1.82) is 0 Å². The van der Waals surface area contributed by atoms with Gasteiger partial charge in [-0.15, -0.1) is 0 Å². The molecule has 2 rings (SSSR count). The van der Waals surface area contributed by atoms with E-state index in [9.17, 15) is 13.8 Å². The Labute approximate surface area is 285 Å². The summed E-state index contributed by atoms with van der Waals surface area (Å²) in [5, 5.41) is 0. The first kappa shape index (κ1) is 45.5. The van der Waals surface area contributed by atoms with Crippen molar-refractivity contribution in [3.63, 3.8) is 0 Å². The first-order valence-corrected chi connectivity index (χ1v) is 19.8. The molecule has 0 amide bonds. The Morgan fingerprint density at radius 2 is 0.809 bits per heavy atom. The number of carbonyl (C=O) groups is 2. The zero-order valence-corrected chi connectivity index (χ0v) is 31.4. The van der Waals surface area contributed by atoms with E-state index in [1.807, 2.05) is 0 Å². The summed E-state index contributed by atoms with van der Waals surface area (Å²) in [6.45, 7) is 24.3. The molecule has 0 aliphatic carbocycles. The van der Waals surface area contributed by atoms with Gasteiger partial charge in [0.1, 0.15) is 33.3 Å². The van der Waals surface area contributed by atoms with Gasteiger partial charge >= 0.3 is 12.3 Å². The van der Waals surface area contributed by atoms with E-state index in [4.69, 9.17) is 33.3 Å². The summed E-state index contributed by atoms with van der Waals surface area (Å²) in [4.78, 5) is 39.0. The maximum Gasteiger partial charge on any atom is 0.508 e. The summed E-state index contributed by atoms with van der Waals surface area (Å²) in [5.41, 5.74) is 0. The van der Waals surface area contributed by atoms with E-state index in [-0.39, 0.29) is 12.2 Å². The molecular formula is C34H68FN2O9P. The van der Waals surface area contributed by atoms with E-state index < -0.39 is 20.2 Å². The van der Waals surface area contributed by atoms with Crippen molar-refractivity contribution in [2.75, 3.05) is 65.6 Å². The third-order valence-corrected chi connectivity index (χ3v) is 9.07. The molecule has 0 spiro atoms. The maximum absolute atomic E-state index is 11.0. The van der Waals surface area contributed by atoms with Crippen LogP contribution in [0, 0.1) is 0 Å². The second kappa shape index (κ2) is 26.4. The number of rotatable bonds is 24. The summed E-state index contributed by atoms with van der Waals surface area (Å²) in [6.07, 6.45) is 16.0. The Bertz CT molecular complexity index is 752. The van der Waals surface area contributed by atoms with E-state index >= 15 is 0 Å². The zero-order chi connectivity index (χ0) is 35.6. The van der Waals surface area contributed by atoms with Crippen molar-refractivity contribution in [3.8, 4) is 0 Å². The van der Waals surface area contributed by atoms with Gasteiger partial charge in [-0.3, -0.25) is 0 Å². The predicted molar refractivity (Wildman–Crippen MR) is 179 cm³/mol. The van der Waals surface area contributed by atoms with Gasteiger partial charge in [0, 0.05) is 12.8 Å². The quantitative estimate of drug-likeness (QED) is 0.0591. The van der Waals surface area contributed by atoms with Crippen LogP contribution in [0.5, 0.6) is 0 Å². The summed E-state index contributed by atoms with van der Waals surface area (Å²) in [6, 6.07) is 0. The Morgan fingerprint density at radius 1 is 0.574 bits per heavy atom. The number of carbonyl (C=O) groups excluding carboxylic acids is 2. The molecule has 0 saturated carbocycles. The van der Waals surface area contributed by atoms with Gasteiger partial charge < -0.3 is 42.3 Å². The Kier molecular flexibility index (Phi) is 25.6. The number of ether oxygens (including phenoxy) is 4.